The monoisotopic (exact) mass is 361 g/mol. The van der Waals surface area contributed by atoms with Crippen LogP contribution in [-0.4, -0.2) is 16.9 Å². The van der Waals surface area contributed by atoms with Gasteiger partial charge in [-0.15, -0.1) is 0 Å². The Morgan fingerprint density at radius 2 is 2.05 bits per heavy atom. The van der Waals surface area contributed by atoms with Crippen LogP contribution in [0.15, 0.2) is 41.1 Å². The molecule has 0 spiro atoms. The number of carbonyl (C=O) groups excluding carboxylic acids is 1. The number of aryl methyl sites for hydroxylation is 1. The van der Waals surface area contributed by atoms with E-state index >= 15 is 0 Å². The molecule has 1 heterocycles. The molecule has 0 radical (unpaired) electrons. The van der Waals surface area contributed by atoms with Crippen LogP contribution >= 0.6 is 15.9 Å². The van der Waals surface area contributed by atoms with Crippen LogP contribution in [-0.2, 0) is 0 Å². The first-order valence-corrected chi connectivity index (χ1v) is 8.08. The highest BCUT2D eigenvalue weighted by molar-refractivity contribution is 9.10. The highest BCUT2D eigenvalue weighted by Gasteiger charge is 2.09. The predicted molar refractivity (Wildman–Crippen MR) is 93.6 cm³/mol. The first kappa shape index (κ1) is 16.5. The molecule has 0 aliphatic carbocycles. The number of rotatable bonds is 5. The molecule has 0 aliphatic heterocycles. The van der Waals surface area contributed by atoms with Crippen molar-refractivity contribution in [1.82, 2.24) is 10.3 Å². The number of halogens is 1. The van der Waals surface area contributed by atoms with Crippen LogP contribution in [0.4, 0.5) is 11.4 Å². The van der Waals surface area contributed by atoms with E-state index in [2.05, 4.69) is 31.5 Å². The Morgan fingerprint density at radius 1 is 1.27 bits per heavy atom. The number of pyridine rings is 1. The molecule has 2 N–H and O–H groups in total. The summed E-state index contributed by atoms with van der Waals surface area (Å²) >= 11 is 3.51. The summed E-state index contributed by atoms with van der Waals surface area (Å²) in [7, 11) is 0. The van der Waals surface area contributed by atoms with Crippen molar-refractivity contribution in [2.24, 2.45) is 0 Å². The van der Waals surface area contributed by atoms with Crippen molar-refractivity contribution in [2.45, 2.75) is 33.2 Å². The molecule has 1 unspecified atom stereocenters. The molecule has 116 valence electrons. The van der Waals surface area contributed by atoms with Gasteiger partial charge in [-0.25, -0.2) is 0 Å². The topological polar surface area (TPSA) is 54.0 Å². The van der Waals surface area contributed by atoms with Gasteiger partial charge in [0.2, 0.25) is 0 Å². The van der Waals surface area contributed by atoms with Crippen LogP contribution in [0.25, 0.3) is 0 Å². The summed E-state index contributed by atoms with van der Waals surface area (Å²) in [5.74, 6) is -0.101. The molecule has 0 bridgehead atoms. The Bertz CT molecular complexity index is 673. The third-order valence-corrected chi connectivity index (χ3v) is 4.31. The zero-order valence-electron chi connectivity index (χ0n) is 13.0. The number of carbonyl (C=O) groups is 1. The lowest BCUT2D eigenvalue weighted by Gasteiger charge is -2.12. The standard InChI is InChI=1S/C17H20BrN3O/c1-4-12(3)20-17(22)13-7-15(10-19-9-13)21-14-6-5-11(2)16(18)8-14/h5-10,12,21H,4H2,1-3H3,(H,20,22). The second-order valence-corrected chi connectivity index (χ2v) is 6.19. The Kier molecular flexibility index (Phi) is 5.55. The summed E-state index contributed by atoms with van der Waals surface area (Å²) in [5, 5.41) is 6.20. The molecule has 22 heavy (non-hydrogen) atoms. The van der Waals surface area contributed by atoms with Crippen molar-refractivity contribution in [1.29, 1.82) is 0 Å². The van der Waals surface area contributed by atoms with E-state index in [9.17, 15) is 4.79 Å². The van der Waals surface area contributed by atoms with E-state index in [0.29, 0.717) is 5.56 Å². The summed E-state index contributed by atoms with van der Waals surface area (Å²) in [6, 6.07) is 7.97. The average molecular weight is 362 g/mol. The maximum Gasteiger partial charge on any atom is 0.253 e. The molecule has 1 atom stereocenters. The van der Waals surface area contributed by atoms with Crippen LogP contribution in [0.5, 0.6) is 0 Å². The number of hydrogen-bond acceptors (Lipinski definition) is 3. The molecule has 5 heteroatoms. The third-order valence-electron chi connectivity index (χ3n) is 3.45. The van der Waals surface area contributed by atoms with Crippen LogP contribution in [0, 0.1) is 6.92 Å². The fraction of sp³-hybridized carbons (Fsp3) is 0.294. The number of amides is 1. The molecule has 2 aromatic rings. The Balaban J connectivity index is 2.14. The van der Waals surface area contributed by atoms with Gasteiger partial charge in [0.05, 0.1) is 17.4 Å². The van der Waals surface area contributed by atoms with Crippen molar-refractivity contribution in [3.63, 3.8) is 0 Å². The highest BCUT2D eigenvalue weighted by Crippen LogP contribution is 2.23. The Morgan fingerprint density at radius 3 is 2.73 bits per heavy atom. The number of nitrogens with one attached hydrogen (secondary N) is 2. The van der Waals surface area contributed by atoms with E-state index in [1.807, 2.05) is 39.0 Å². The van der Waals surface area contributed by atoms with Gasteiger partial charge >= 0.3 is 0 Å². The van der Waals surface area contributed by atoms with Crippen molar-refractivity contribution in [3.05, 3.63) is 52.3 Å². The second kappa shape index (κ2) is 7.40. The molecular formula is C17H20BrN3O. The summed E-state index contributed by atoms with van der Waals surface area (Å²) in [5.41, 5.74) is 3.45. The second-order valence-electron chi connectivity index (χ2n) is 5.33. The van der Waals surface area contributed by atoms with Crippen LogP contribution < -0.4 is 10.6 Å². The molecule has 1 aromatic heterocycles. The lowest BCUT2D eigenvalue weighted by Crippen LogP contribution is -2.31. The quantitative estimate of drug-likeness (QED) is 0.828. The molecule has 0 saturated carbocycles. The number of hydrogen-bond donors (Lipinski definition) is 2. The van der Waals surface area contributed by atoms with Gasteiger partial charge in [-0.2, -0.15) is 0 Å². The summed E-state index contributed by atoms with van der Waals surface area (Å²) in [6.07, 6.45) is 4.18. The minimum Gasteiger partial charge on any atom is -0.354 e. The maximum absolute atomic E-state index is 12.1. The molecule has 0 saturated heterocycles. The normalized spacial score (nSPS) is 11.8. The smallest absolute Gasteiger partial charge is 0.253 e. The van der Waals surface area contributed by atoms with E-state index in [-0.39, 0.29) is 11.9 Å². The van der Waals surface area contributed by atoms with E-state index in [1.165, 1.54) is 5.56 Å². The lowest BCUT2D eigenvalue weighted by atomic mass is 10.2. The Labute approximate surface area is 139 Å². The van der Waals surface area contributed by atoms with E-state index in [1.54, 1.807) is 18.5 Å². The molecule has 4 nitrogen and oxygen atoms in total. The molecule has 2 rings (SSSR count). The largest absolute Gasteiger partial charge is 0.354 e. The fourth-order valence-corrected chi connectivity index (χ4v) is 2.26. The molecule has 0 aliphatic rings. The molecular weight excluding hydrogens is 342 g/mol. The predicted octanol–water partition coefficient (Wildman–Crippen LogP) is 4.42. The van der Waals surface area contributed by atoms with Crippen molar-refractivity contribution < 1.29 is 4.79 Å². The first-order chi connectivity index (χ1) is 10.5. The molecule has 1 amide bonds. The number of nitrogens with zero attached hydrogens (tertiary/aromatic N) is 1. The zero-order chi connectivity index (χ0) is 16.1. The van der Waals surface area contributed by atoms with E-state index in [0.717, 1.165) is 22.3 Å². The van der Waals surface area contributed by atoms with Gasteiger partial charge in [0.25, 0.3) is 5.91 Å². The molecule has 0 fully saturated rings. The molecule has 1 aromatic carbocycles. The lowest BCUT2D eigenvalue weighted by molar-refractivity contribution is 0.0939. The van der Waals surface area contributed by atoms with Gasteiger partial charge in [-0.1, -0.05) is 28.9 Å². The number of anilines is 2. The van der Waals surface area contributed by atoms with Crippen LogP contribution in [0.3, 0.4) is 0 Å². The first-order valence-electron chi connectivity index (χ1n) is 7.28. The van der Waals surface area contributed by atoms with E-state index < -0.39 is 0 Å². The summed E-state index contributed by atoms with van der Waals surface area (Å²) in [4.78, 5) is 16.3. The van der Waals surface area contributed by atoms with Crippen molar-refractivity contribution in [2.75, 3.05) is 5.32 Å². The minimum atomic E-state index is -0.101. The number of benzene rings is 1. The fourth-order valence-electron chi connectivity index (χ4n) is 1.88. The Hall–Kier alpha value is -1.88. The zero-order valence-corrected chi connectivity index (χ0v) is 14.6. The van der Waals surface area contributed by atoms with Crippen molar-refractivity contribution >= 4 is 33.2 Å². The average Bonchev–Trinajstić information content (AvgIpc) is 2.51. The summed E-state index contributed by atoms with van der Waals surface area (Å²) < 4.78 is 1.04. The van der Waals surface area contributed by atoms with E-state index in [4.69, 9.17) is 0 Å². The number of aromatic nitrogens is 1. The van der Waals surface area contributed by atoms with Gasteiger partial charge in [0, 0.05) is 22.4 Å². The highest BCUT2D eigenvalue weighted by atomic mass is 79.9. The van der Waals surface area contributed by atoms with Crippen LogP contribution in [0.1, 0.15) is 36.2 Å². The van der Waals surface area contributed by atoms with Gasteiger partial charge in [-0.05, 0) is 44.0 Å². The van der Waals surface area contributed by atoms with Gasteiger partial charge < -0.3 is 10.6 Å². The van der Waals surface area contributed by atoms with Gasteiger partial charge in [-0.3, -0.25) is 9.78 Å². The summed E-state index contributed by atoms with van der Waals surface area (Å²) in [6.45, 7) is 6.06. The van der Waals surface area contributed by atoms with Crippen LogP contribution in [0.2, 0.25) is 0 Å². The maximum atomic E-state index is 12.1. The van der Waals surface area contributed by atoms with Gasteiger partial charge in [0.15, 0.2) is 0 Å². The van der Waals surface area contributed by atoms with Gasteiger partial charge in [0.1, 0.15) is 0 Å². The van der Waals surface area contributed by atoms with Crippen molar-refractivity contribution in [3.8, 4) is 0 Å². The minimum absolute atomic E-state index is 0.101. The third kappa shape index (κ3) is 4.31. The SMILES string of the molecule is CCC(C)NC(=O)c1cncc(Nc2ccc(C)c(Br)c2)c1.